The van der Waals surface area contributed by atoms with Gasteiger partial charge in [-0.1, -0.05) is 33.6 Å². The monoisotopic (exact) mass is 375 g/mol. The second kappa shape index (κ2) is 7.06. The van der Waals surface area contributed by atoms with E-state index in [-0.39, 0.29) is 17.4 Å². The molecule has 2 heterocycles. The van der Waals surface area contributed by atoms with Crippen molar-refractivity contribution in [3.8, 4) is 0 Å². The minimum atomic E-state index is -0.624. The molecule has 2 atom stereocenters. The molecule has 27 heavy (non-hydrogen) atoms. The minimum absolute atomic E-state index is 0.0396. The van der Waals surface area contributed by atoms with E-state index in [1.54, 1.807) is 0 Å². The molecule has 4 aliphatic rings. The highest BCUT2D eigenvalue weighted by Gasteiger charge is 2.53. The zero-order valence-corrected chi connectivity index (χ0v) is 17.4. The van der Waals surface area contributed by atoms with Gasteiger partial charge in [-0.25, -0.2) is 9.69 Å². The highest BCUT2D eigenvalue weighted by atomic mass is 16.2. The van der Waals surface area contributed by atoms with Gasteiger partial charge in [0.1, 0.15) is 5.54 Å². The predicted molar refractivity (Wildman–Crippen MR) is 106 cm³/mol. The Bertz CT molecular complexity index is 587. The number of amides is 3. The van der Waals surface area contributed by atoms with E-state index in [0.29, 0.717) is 18.6 Å². The second-order valence-corrected chi connectivity index (χ2v) is 10.6. The third kappa shape index (κ3) is 3.52. The van der Waals surface area contributed by atoms with Gasteiger partial charge in [-0.2, -0.15) is 0 Å². The van der Waals surface area contributed by atoms with Crippen LogP contribution in [0.1, 0.15) is 85.0 Å². The maximum absolute atomic E-state index is 13.3. The van der Waals surface area contributed by atoms with Crippen molar-refractivity contribution in [2.75, 3.05) is 13.2 Å². The summed E-state index contributed by atoms with van der Waals surface area (Å²) < 4.78 is 0. The smallest absolute Gasteiger partial charge is 0.323 e. The van der Waals surface area contributed by atoms with Gasteiger partial charge >= 0.3 is 6.03 Å². The largest absolute Gasteiger partial charge is 0.326 e. The van der Waals surface area contributed by atoms with E-state index in [2.05, 4.69) is 31.0 Å². The number of nitrogens with zero attached hydrogens (tertiary/aromatic N) is 2. The Hall–Kier alpha value is -1.10. The molecule has 2 aliphatic heterocycles. The third-order valence-electron chi connectivity index (χ3n) is 7.99. The Morgan fingerprint density at radius 2 is 1.67 bits per heavy atom. The van der Waals surface area contributed by atoms with E-state index >= 15 is 0 Å². The van der Waals surface area contributed by atoms with Crippen LogP contribution in [-0.4, -0.2) is 46.5 Å². The molecule has 2 saturated carbocycles. The van der Waals surface area contributed by atoms with Crippen molar-refractivity contribution in [2.24, 2.45) is 17.3 Å². The first kappa shape index (κ1) is 19.2. The molecule has 5 nitrogen and oxygen atoms in total. The van der Waals surface area contributed by atoms with Crippen LogP contribution in [0.5, 0.6) is 0 Å². The summed E-state index contributed by atoms with van der Waals surface area (Å²) in [5, 5.41) is 3.11. The maximum Gasteiger partial charge on any atom is 0.326 e. The number of imide groups is 1. The maximum atomic E-state index is 13.3. The number of carbonyl (C=O) groups is 2. The molecule has 2 unspecified atom stereocenters. The van der Waals surface area contributed by atoms with E-state index in [9.17, 15) is 9.59 Å². The third-order valence-corrected chi connectivity index (χ3v) is 7.99. The second-order valence-electron chi connectivity index (χ2n) is 10.6. The van der Waals surface area contributed by atoms with Gasteiger partial charge in [-0.3, -0.25) is 9.69 Å². The number of likely N-dealkylation sites (tertiary alicyclic amines) is 1. The lowest BCUT2D eigenvalue weighted by Gasteiger charge is -2.45. The highest BCUT2D eigenvalue weighted by molar-refractivity contribution is 6.07. The molecule has 0 radical (unpaired) electrons. The van der Waals surface area contributed by atoms with Crippen LogP contribution in [0.15, 0.2) is 0 Å². The van der Waals surface area contributed by atoms with Crippen LogP contribution in [0, 0.1) is 17.3 Å². The zero-order valence-electron chi connectivity index (χ0n) is 17.4. The summed E-state index contributed by atoms with van der Waals surface area (Å²) in [6.07, 6.45) is 11.3. The van der Waals surface area contributed by atoms with Crippen molar-refractivity contribution in [3.05, 3.63) is 0 Å². The quantitative estimate of drug-likeness (QED) is 0.739. The fourth-order valence-corrected chi connectivity index (χ4v) is 6.21. The number of urea groups is 1. The number of fused-ring (bicyclic) bond motifs is 1. The average Bonchev–Trinajstić information content (AvgIpc) is 2.86. The molecule has 2 aliphatic carbocycles. The molecule has 0 aromatic heterocycles. The van der Waals surface area contributed by atoms with Crippen LogP contribution in [-0.2, 0) is 4.79 Å². The molecule has 4 fully saturated rings. The topological polar surface area (TPSA) is 52.7 Å². The first-order valence-corrected chi connectivity index (χ1v) is 11.2. The van der Waals surface area contributed by atoms with Crippen LogP contribution in [0.2, 0.25) is 0 Å². The summed E-state index contributed by atoms with van der Waals surface area (Å²) >= 11 is 0. The van der Waals surface area contributed by atoms with E-state index < -0.39 is 5.54 Å². The Labute approximate surface area is 164 Å². The Kier molecular flexibility index (Phi) is 5.02. The van der Waals surface area contributed by atoms with Crippen LogP contribution < -0.4 is 5.32 Å². The standard InChI is InChI=1S/C22H37N3O2/c1-21(2,3)17-10-12-22(13-11-17)19(26)25(20(27)23-22)15-24-14-6-8-16-7-4-5-9-18(16)24/h16-18H,4-15H2,1-3H3,(H,23,27). The average molecular weight is 376 g/mol. The SMILES string of the molecule is CC(C)(C)C1CCC2(CC1)NC(=O)N(CN1CCCC3CCCCC31)C2=O. The Balaban J connectivity index is 1.43. The number of carbonyl (C=O) groups excluding carboxylic acids is 2. The van der Waals surface area contributed by atoms with Gasteiger partial charge in [0.15, 0.2) is 0 Å². The van der Waals surface area contributed by atoms with Crippen molar-refractivity contribution in [3.63, 3.8) is 0 Å². The molecule has 152 valence electrons. The molecule has 0 aromatic rings. The van der Waals surface area contributed by atoms with Gasteiger partial charge in [0, 0.05) is 12.6 Å². The summed E-state index contributed by atoms with van der Waals surface area (Å²) in [7, 11) is 0. The molecule has 2 saturated heterocycles. The van der Waals surface area contributed by atoms with Gasteiger partial charge in [0.2, 0.25) is 0 Å². The minimum Gasteiger partial charge on any atom is -0.323 e. The van der Waals surface area contributed by atoms with Gasteiger partial charge in [0.05, 0.1) is 6.67 Å². The summed E-state index contributed by atoms with van der Waals surface area (Å²) in [6, 6.07) is 0.411. The van der Waals surface area contributed by atoms with E-state index in [0.717, 1.165) is 38.1 Å². The molecule has 5 heteroatoms. The fraction of sp³-hybridized carbons (Fsp3) is 0.909. The van der Waals surface area contributed by atoms with Gasteiger partial charge in [0.25, 0.3) is 5.91 Å². The number of hydrogen-bond donors (Lipinski definition) is 1. The lowest BCUT2D eigenvalue weighted by atomic mass is 9.67. The first-order valence-electron chi connectivity index (χ1n) is 11.2. The number of piperidine rings is 1. The van der Waals surface area contributed by atoms with Crippen LogP contribution in [0.4, 0.5) is 4.79 Å². The molecular weight excluding hydrogens is 338 g/mol. The normalized spacial score (nSPS) is 38.2. The van der Waals surface area contributed by atoms with Crippen molar-refractivity contribution < 1.29 is 9.59 Å². The lowest BCUT2D eigenvalue weighted by molar-refractivity contribution is -0.135. The number of hydrogen-bond acceptors (Lipinski definition) is 3. The van der Waals surface area contributed by atoms with Gasteiger partial charge in [-0.05, 0) is 68.6 Å². The summed E-state index contributed by atoms with van der Waals surface area (Å²) in [4.78, 5) is 30.0. The van der Waals surface area contributed by atoms with Crippen molar-refractivity contribution in [1.82, 2.24) is 15.1 Å². The molecule has 0 bridgehead atoms. The highest BCUT2D eigenvalue weighted by Crippen LogP contribution is 2.44. The van der Waals surface area contributed by atoms with Crippen LogP contribution in [0.3, 0.4) is 0 Å². The molecule has 1 N–H and O–H groups in total. The first-order chi connectivity index (χ1) is 12.8. The van der Waals surface area contributed by atoms with Crippen molar-refractivity contribution >= 4 is 11.9 Å². The molecule has 1 spiro atoms. The molecule has 0 aromatic carbocycles. The Morgan fingerprint density at radius 3 is 2.37 bits per heavy atom. The fourth-order valence-electron chi connectivity index (χ4n) is 6.21. The van der Waals surface area contributed by atoms with Crippen molar-refractivity contribution in [2.45, 2.75) is 96.6 Å². The van der Waals surface area contributed by atoms with E-state index in [4.69, 9.17) is 0 Å². The van der Waals surface area contributed by atoms with Crippen molar-refractivity contribution in [1.29, 1.82) is 0 Å². The number of nitrogens with one attached hydrogen (secondary N) is 1. The van der Waals surface area contributed by atoms with Crippen LogP contribution >= 0.6 is 0 Å². The molecular formula is C22H37N3O2. The van der Waals surface area contributed by atoms with Gasteiger partial charge in [-0.15, -0.1) is 0 Å². The van der Waals surface area contributed by atoms with Crippen LogP contribution in [0.25, 0.3) is 0 Å². The molecule has 3 amide bonds. The predicted octanol–water partition coefficient (Wildman–Crippen LogP) is 4.13. The molecule has 4 rings (SSSR count). The number of rotatable bonds is 2. The summed E-state index contributed by atoms with van der Waals surface area (Å²) in [6.45, 7) is 8.38. The Morgan fingerprint density at radius 1 is 1.00 bits per heavy atom. The van der Waals surface area contributed by atoms with Gasteiger partial charge < -0.3 is 5.32 Å². The van der Waals surface area contributed by atoms with E-state index in [1.165, 1.54) is 43.4 Å². The van der Waals surface area contributed by atoms with E-state index in [1.807, 2.05) is 0 Å². The lowest BCUT2D eigenvalue weighted by Crippen LogP contribution is -2.53. The summed E-state index contributed by atoms with van der Waals surface area (Å²) in [5.41, 5.74) is -0.350. The zero-order chi connectivity index (χ0) is 19.2. The summed E-state index contributed by atoms with van der Waals surface area (Å²) in [5.74, 6) is 1.44.